The molecule has 3 fully saturated rings. The summed E-state index contributed by atoms with van der Waals surface area (Å²) in [4.78, 5) is 2.62. The molecule has 3 aliphatic rings. The molecule has 3 unspecified atom stereocenters. The Morgan fingerprint density at radius 2 is 1.83 bits per heavy atom. The van der Waals surface area contributed by atoms with E-state index in [0.29, 0.717) is 6.10 Å². The number of rotatable bonds is 2. The van der Waals surface area contributed by atoms with Crippen LogP contribution in [0.4, 0.5) is 0 Å². The maximum absolute atomic E-state index is 5.25. The molecular weight excluding hydrogens is 150 g/mol. The topological polar surface area (TPSA) is 15.8 Å². The molecule has 0 spiro atoms. The monoisotopic (exact) mass is 167 g/mol. The van der Waals surface area contributed by atoms with Gasteiger partial charge in [-0.1, -0.05) is 6.42 Å². The number of epoxide rings is 1. The largest absolute Gasteiger partial charge is 0.372 e. The van der Waals surface area contributed by atoms with Crippen LogP contribution in [0.25, 0.3) is 0 Å². The Kier molecular flexibility index (Phi) is 1.66. The van der Waals surface area contributed by atoms with Crippen molar-refractivity contribution in [3.8, 4) is 0 Å². The van der Waals surface area contributed by atoms with Gasteiger partial charge in [-0.2, -0.15) is 0 Å². The quantitative estimate of drug-likeness (QED) is 0.573. The van der Waals surface area contributed by atoms with Gasteiger partial charge in [0.15, 0.2) is 0 Å². The van der Waals surface area contributed by atoms with Gasteiger partial charge in [-0.25, -0.2) is 0 Å². The normalized spacial score (nSPS) is 46.5. The van der Waals surface area contributed by atoms with E-state index >= 15 is 0 Å². The van der Waals surface area contributed by atoms with E-state index in [9.17, 15) is 0 Å². The van der Waals surface area contributed by atoms with E-state index < -0.39 is 0 Å². The van der Waals surface area contributed by atoms with Crippen molar-refractivity contribution in [3.05, 3.63) is 0 Å². The summed E-state index contributed by atoms with van der Waals surface area (Å²) >= 11 is 0. The minimum absolute atomic E-state index is 0.601. The van der Waals surface area contributed by atoms with Crippen LogP contribution >= 0.6 is 0 Å². The highest BCUT2D eigenvalue weighted by Gasteiger charge is 2.38. The molecule has 0 N–H and O–H groups in total. The molecule has 1 saturated carbocycles. The molecule has 0 amide bonds. The fraction of sp³-hybridized carbons (Fsp3) is 1.00. The van der Waals surface area contributed by atoms with Crippen molar-refractivity contribution < 1.29 is 4.74 Å². The molecule has 68 valence electrons. The van der Waals surface area contributed by atoms with Gasteiger partial charge in [0, 0.05) is 19.6 Å². The van der Waals surface area contributed by atoms with Crippen LogP contribution in [0.2, 0.25) is 0 Å². The third-order valence-corrected chi connectivity index (χ3v) is 3.67. The molecule has 2 nitrogen and oxygen atoms in total. The van der Waals surface area contributed by atoms with E-state index in [1.807, 2.05) is 0 Å². The fourth-order valence-corrected chi connectivity index (χ4v) is 2.94. The van der Waals surface area contributed by atoms with Crippen LogP contribution in [-0.2, 0) is 4.74 Å². The van der Waals surface area contributed by atoms with Gasteiger partial charge >= 0.3 is 0 Å². The predicted molar refractivity (Wildman–Crippen MR) is 47.0 cm³/mol. The molecule has 0 aromatic rings. The van der Waals surface area contributed by atoms with Crippen molar-refractivity contribution in [1.82, 2.24) is 4.90 Å². The SMILES string of the molecule is C1CC2CN(CC3CO3)CC2C1. The zero-order chi connectivity index (χ0) is 7.97. The van der Waals surface area contributed by atoms with Crippen LogP contribution in [0.5, 0.6) is 0 Å². The Hall–Kier alpha value is -0.0800. The first-order valence-electron chi connectivity index (χ1n) is 5.26. The summed E-state index contributed by atoms with van der Waals surface area (Å²) in [5, 5.41) is 0. The van der Waals surface area contributed by atoms with Crippen molar-refractivity contribution in [2.75, 3.05) is 26.2 Å². The van der Waals surface area contributed by atoms with Crippen molar-refractivity contribution in [2.24, 2.45) is 11.8 Å². The van der Waals surface area contributed by atoms with Gasteiger partial charge in [-0.05, 0) is 24.7 Å². The lowest BCUT2D eigenvalue weighted by Gasteiger charge is -2.14. The number of ether oxygens (including phenoxy) is 1. The Balaban J connectivity index is 1.56. The average Bonchev–Trinajstić information content (AvgIpc) is 2.56. The minimum Gasteiger partial charge on any atom is -0.372 e. The van der Waals surface area contributed by atoms with Crippen molar-refractivity contribution >= 4 is 0 Å². The Labute approximate surface area is 73.9 Å². The van der Waals surface area contributed by atoms with E-state index in [0.717, 1.165) is 18.4 Å². The van der Waals surface area contributed by atoms with Crippen molar-refractivity contribution in [3.63, 3.8) is 0 Å². The van der Waals surface area contributed by atoms with Crippen LogP contribution in [0, 0.1) is 11.8 Å². The first-order valence-corrected chi connectivity index (χ1v) is 5.26. The average molecular weight is 167 g/mol. The smallest absolute Gasteiger partial charge is 0.0936 e. The highest BCUT2D eigenvalue weighted by atomic mass is 16.6. The maximum atomic E-state index is 5.25. The lowest BCUT2D eigenvalue weighted by molar-refractivity contribution is 0.269. The van der Waals surface area contributed by atoms with Gasteiger partial charge in [-0.15, -0.1) is 0 Å². The molecule has 0 radical (unpaired) electrons. The summed E-state index contributed by atoms with van der Waals surface area (Å²) in [6.45, 7) is 4.97. The van der Waals surface area contributed by atoms with E-state index in [1.165, 1.54) is 38.9 Å². The molecule has 2 heteroatoms. The second-order valence-corrected chi connectivity index (χ2v) is 4.62. The number of hydrogen-bond acceptors (Lipinski definition) is 2. The minimum atomic E-state index is 0.601. The molecule has 2 heterocycles. The standard InChI is InChI=1S/C10H17NO/c1-2-8-4-11(5-9(8)3-1)6-10-7-12-10/h8-10H,1-7H2. The van der Waals surface area contributed by atoms with Crippen LogP contribution in [0.1, 0.15) is 19.3 Å². The predicted octanol–water partition coefficient (Wildman–Crippen LogP) is 1.12. The van der Waals surface area contributed by atoms with Gasteiger partial charge in [-0.3, -0.25) is 0 Å². The van der Waals surface area contributed by atoms with Gasteiger partial charge in [0.1, 0.15) is 0 Å². The summed E-state index contributed by atoms with van der Waals surface area (Å²) in [6.07, 6.45) is 5.08. The molecule has 2 saturated heterocycles. The Morgan fingerprint density at radius 3 is 2.42 bits per heavy atom. The lowest BCUT2D eigenvalue weighted by Crippen LogP contribution is -2.26. The second kappa shape index (κ2) is 2.71. The van der Waals surface area contributed by atoms with E-state index in [-0.39, 0.29) is 0 Å². The third-order valence-electron chi connectivity index (χ3n) is 3.67. The Morgan fingerprint density at radius 1 is 1.17 bits per heavy atom. The molecule has 12 heavy (non-hydrogen) atoms. The molecule has 3 atom stereocenters. The highest BCUT2D eigenvalue weighted by molar-refractivity contribution is 4.90. The first-order chi connectivity index (χ1) is 5.92. The van der Waals surface area contributed by atoms with Crippen molar-refractivity contribution in [1.29, 1.82) is 0 Å². The fourth-order valence-electron chi connectivity index (χ4n) is 2.94. The second-order valence-electron chi connectivity index (χ2n) is 4.62. The summed E-state index contributed by atoms with van der Waals surface area (Å²) in [7, 11) is 0. The summed E-state index contributed by atoms with van der Waals surface area (Å²) in [5.74, 6) is 2.09. The van der Waals surface area contributed by atoms with Crippen molar-refractivity contribution in [2.45, 2.75) is 25.4 Å². The van der Waals surface area contributed by atoms with E-state index in [2.05, 4.69) is 4.90 Å². The van der Waals surface area contributed by atoms with Crippen LogP contribution in [-0.4, -0.2) is 37.2 Å². The van der Waals surface area contributed by atoms with E-state index in [1.54, 1.807) is 0 Å². The zero-order valence-electron chi connectivity index (χ0n) is 7.54. The van der Waals surface area contributed by atoms with Gasteiger partial charge in [0.2, 0.25) is 0 Å². The van der Waals surface area contributed by atoms with Gasteiger partial charge < -0.3 is 9.64 Å². The summed E-state index contributed by atoms with van der Waals surface area (Å²) < 4.78 is 5.25. The van der Waals surface area contributed by atoms with Crippen LogP contribution < -0.4 is 0 Å². The molecule has 0 aromatic carbocycles. The molecule has 3 rings (SSSR count). The van der Waals surface area contributed by atoms with Crippen LogP contribution in [0.15, 0.2) is 0 Å². The zero-order valence-corrected chi connectivity index (χ0v) is 7.54. The summed E-state index contributed by atoms with van der Waals surface area (Å²) in [6, 6.07) is 0. The molecule has 2 aliphatic heterocycles. The number of fused-ring (bicyclic) bond motifs is 1. The number of nitrogens with zero attached hydrogens (tertiary/aromatic N) is 1. The number of likely N-dealkylation sites (tertiary alicyclic amines) is 1. The Bertz CT molecular complexity index is 167. The first kappa shape index (κ1) is 7.34. The maximum Gasteiger partial charge on any atom is 0.0936 e. The molecular formula is C10H17NO. The third kappa shape index (κ3) is 1.27. The van der Waals surface area contributed by atoms with E-state index in [4.69, 9.17) is 4.74 Å². The van der Waals surface area contributed by atoms with Gasteiger partial charge in [0.25, 0.3) is 0 Å². The molecule has 0 bridgehead atoms. The lowest BCUT2D eigenvalue weighted by atomic mass is 10.0. The highest BCUT2D eigenvalue weighted by Crippen LogP contribution is 2.37. The van der Waals surface area contributed by atoms with Gasteiger partial charge in [0.05, 0.1) is 12.7 Å². The summed E-state index contributed by atoms with van der Waals surface area (Å²) in [5.41, 5.74) is 0. The molecule has 0 aromatic heterocycles. The molecule has 1 aliphatic carbocycles. The van der Waals surface area contributed by atoms with Crippen LogP contribution in [0.3, 0.4) is 0 Å². The number of hydrogen-bond donors (Lipinski definition) is 0.